The molecule has 1 aromatic carbocycles. The van der Waals surface area contributed by atoms with Crippen LogP contribution in [0.2, 0.25) is 0 Å². The molecular weight excluding hydrogens is 258 g/mol. The van der Waals surface area contributed by atoms with Gasteiger partial charge in [-0.1, -0.05) is 19.4 Å². The number of nitrogens with one attached hydrogen (secondary N) is 1. The molecule has 1 aliphatic carbocycles. The van der Waals surface area contributed by atoms with Crippen LogP contribution in [0, 0.1) is 0 Å². The van der Waals surface area contributed by atoms with E-state index in [1.165, 1.54) is 29.7 Å². The molecule has 1 fully saturated rings. The molecule has 1 unspecified atom stereocenters. The minimum atomic E-state index is -0.0981. The van der Waals surface area contributed by atoms with Gasteiger partial charge in [-0.05, 0) is 48.3 Å². The molecule has 2 bridgehead atoms. The molecule has 0 amide bonds. The number of benzene rings is 1. The van der Waals surface area contributed by atoms with Crippen molar-refractivity contribution in [2.75, 3.05) is 5.75 Å². The second-order valence-electron chi connectivity index (χ2n) is 5.94. The second kappa shape index (κ2) is 5.00. The van der Waals surface area contributed by atoms with Gasteiger partial charge in [0.05, 0.1) is 6.04 Å². The van der Waals surface area contributed by atoms with Crippen molar-refractivity contribution in [1.82, 2.24) is 5.48 Å². The topological polar surface area (TPSA) is 52.5 Å². The van der Waals surface area contributed by atoms with Crippen LogP contribution in [0.3, 0.4) is 0 Å². The lowest BCUT2D eigenvalue weighted by Gasteiger charge is -2.47. The molecule has 3 rings (SSSR count). The maximum atomic E-state index is 9.80. The van der Waals surface area contributed by atoms with Crippen LogP contribution in [0.1, 0.15) is 37.3 Å². The van der Waals surface area contributed by atoms with Crippen LogP contribution in [0.15, 0.2) is 18.2 Å². The summed E-state index contributed by atoms with van der Waals surface area (Å²) >= 11 is 1.97. The van der Waals surface area contributed by atoms with Crippen molar-refractivity contribution < 1.29 is 10.3 Å². The van der Waals surface area contributed by atoms with E-state index in [1.807, 2.05) is 23.9 Å². The van der Waals surface area contributed by atoms with E-state index < -0.39 is 0 Å². The van der Waals surface area contributed by atoms with E-state index in [0.717, 1.165) is 12.8 Å². The Bertz CT molecular complexity index is 479. The molecule has 0 spiro atoms. The van der Waals surface area contributed by atoms with Crippen molar-refractivity contribution in [3.63, 3.8) is 0 Å². The van der Waals surface area contributed by atoms with E-state index in [0.29, 0.717) is 11.0 Å². The highest BCUT2D eigenvalue weighted by molar-refractivity contribution is 7.99. The van der Waals surface area contributed by atoms with Crippen LogP contribution < -0.4 is 5.48 Å². The fourth-order valence-corrected chi connectivity index (χ4v) is 5.21. The van der Waals surface area contributed by atoms with Crippen LogP contribution in [-0.4, -0.2) is 27.4 Å². The first-order valence-corrected chi connectivity index (χ1v) is 8.03. The summed E-state index contributed by atoms with van der Waals surface area (Å²) in [5.74, 6) is 1.50. The summed E-state index contributed by atoms with van der Waals surface area (Å²) in [5.41, 5.74) is 5.01. The third-order valence-electron chi connectivity index (χ3n) is 4.75. The zero-order chi connectivity index (χ0) is 13.5. The SMILES string of the molecule is C[C@]12CCCCSC(Cc3ccc(O)cc31)[C@H]2NO. The van der Waals surface area contributed by atoms with E-state index in [4.69, 9.17) is 0 Å². The fourth-order valence-electron chi connectivity index (χ4n) is 3.69. The summed E-state index contributed by atoms with van der Waals surface area (Å²) in [4.78, 5) is 0. The highest BCUT2D eigenvalue weighted by atomic mass is 32.2. The molecule has 3 nitrogen and oxygen atoms in total. The number of rotatable bonds is 1. The molecule has 104 valence electrons. The standard InChI is InChI=1S/C15H21NO2S/c1-15-6-2-3-7-19-13(14(15)16-18)8-10-4-5-11(17)9-12(10)15/h4-5,9,13-14,16-18H,2-3,6-8H2,1H3/t13?,14-,15+/m1/s1. The van der Waals surface area contributed by atoms with Crippen molar-refractivity contribution in [3.05, 3.63) is 29.3 Å². The predicted molar refractivity (Wildman–Crippen MR) is 78.0 cm³/mol. The normalized spacial score (nSPS) is 34.2. The molecule has 3 N–H and O–H groups in total. The molecule has 4 heteroatoms. The summed E-state index contributed by atoms with van der Waals surface area (Å²) in [6.07, 6.45) is 4.43. The Morgan fingerprint density at radius 3 is 3.00 bits per heavy atom. The van der Waals surface area contributed by atoms with Gasteiger partial charge in [0.2, 0.25) is 0 Å². The summed E-state index contributed by atoms with van der Waals surface area (Å²) in [7, 11) is 0. The molecule has 0 saturated carbocycles. The molecule has 2 aliphatic rings. The van der Waals surface area contributed by atoms with E-state index in [2.05, 4.69) is 12.4 Å². The van der Waals surface area contributed by atoms with Gasteiger partial charge in [0, 0.05) is 10.7 Å². The van der Waals surface area contributed by atoms with E-state index >= 15 is 0 Å². The maximum absolute atomic E-state index is 9.80. The summed E-state index contributed by atoms with van der Waals surface area (Å²) in [5, 5.41) is 19.9. The molecular formula is C15H21NO2S. The third-order valence-corrected chi connectivity index (χ3v) is 6.14. The van der Waals surface area contributed by atoms with Gasteiger partial charge in [0.25, 0.3) is 0 Å². The first-order valence-electron chi connectivity index (χ1n) is 6.99. The van der Waals surface area contributed by atoms with Gasteiger partial charge in [-0.25, -0.2) is 5.48 Å². The molecule has 3 atom stereocenters. The van der Waals surface area contributed by atoms with Gasteiger partial charge in [-0.15, -0.1) is 0 Å². The average molecular weight is 279 g/mol. The van der Waals surface area contributed by atoms with Crippen LogP contribution in [0.25, 0.3) is 0 Å². The lowest BCUT2D eigenvalue weighted by Crippen LogP contribution is -2.56. The smallest absolute Gasteiger partial charge is 0.115 e. The molecule has 19 heavy (non-hydrogen) atoms. The first kappa shape index (κ1) is 13.3. The Morgan fingerprint density at radius 2 is 2.21 bits per heavy atom. The quantitative estimate of drug-likeness (QED) is 0.692. The van der Waals surface area contributed by atoms with Crippen LogP contribution in [0.5, 0.6) is 5.75 Å². The van der Waals surface area contributed by atoms with Crippen LogP contribution in [-0.2, 0) is 11.8 Å². The van der Waals surface area contributed by atoms with Crippen molar-refractivity contribution in [2.24, 2.45) is 0 Å². The Kier molecular flexibility index (Phi) is 3.50. The van der Waals surface area contributed by atoms with Crippen molar-refractivity contribution in [1.29, 1.82) is 0 Å². The van der Waals surface area contributed by atoms with Gasteiger partial charge in [-0.3, -0.25) is 0 Å². The number of aromatic hydroxyl groups is 1. The minimum Gasteiger partial charge on any atom is -0.508 e. The molecule has 1 aromatic rings. The van der Waals surface area contributed by atoms with Crippen molar-refractivity contribution >= 4 is 11.8 Å². The Labute approximate surface area is 118 Å². The monoisotopic (exact) mass is 279 g/mol. The maximum Gasteiger partial charge on any atom is 0.115 e. The third kappa shape index (κ3) is 2.16. The van der Waals surface area contributed by atoms with Gasteiger partial charge in [-0.2, -0.15) is 11.8 Å². The lowest BCUT2D eigenvalue weighted by molar-refractivity contribution is 0.0759. The predicted octanol–water partition coefficient (Wildman–Crippen LogP) is 2.84. The van der Waals surface area contributed by atoms with Crippen LogP contribution >= 0.6 is 11.8 Å². The number of phenolic OH excluding ortho intramolecular Hbond substituents is 1. The van der Waals surface area contributed by atoms with Gasteiger partial charge >= 0.3 is 0 Å². The van der Waals surface area contributed by atoms with E-state index in [-0.39, 0.29) is 11.5 Å². The van der Waals surface area contributed by atoms with Crippen molar-refractivity contribution in [3.8, 4) is 5.75 Å². The number of fused-ring (bicyclic) bond motifs is 4. The molecule has 1 saturated heterocycles. The molecule has 0 aromatic heterocycles. The summed E-state index contributed by atoms with van der Waals surface area (Å²) < 4.78 is 0. The fraction of sp³-hybridized carbons (Fsp3) is 0.600. The number of hydrogen-bond acceptors (Lipinski definition) is 4. The van der Waals surface area contributed by atoms with Crippen molar-refractivity contribution in [2.45, 2.75) is 49.3 Å². The van der Waals surface area contributed by atoms with Gasteiger partial charge in [0.15, 0.2) is 0 Å². The minimum absolute atomic E-state index is 0.0621. The first-order chi connectivity index (χ1) is 9.15. The lowest BCUT2D eigenvalue weighted by atomic mass is 9.65. The van der Waals surface area contributed by atoms with E-state index in [9.17, 15) is 10.3 Å². The molecule has 0 radical (unpaired) electrons. The van der Waals surface area contributed by atoms with Gasteiger partial charge in [0.1, 0.15) is 5.75 Å². The average Bonchev–Trinajstić information content (AvgIpc) is 2.38. The number of hydroxylamine groups is 1. The zero-order valence-electron chi connectivity index (χ0n) is 11.2. The Morgan fingerprint density at radius 1 is 1.37 bits per heavy atom. The second-order valence-corrected chi connectivity index (χ2v) is 7.28. The van der Waals surface area contributed by atoms with Crippen LogP contribution in [0.4, 0.5) is 0 Å². The largest absolute Gasteiger partial charge is 0.508 e. The van der Waals surface area contributed by atoms with E-state index in [1.54, 1.807) is 6.07 Å². The molecule has 1 heterocycles. The number of phenols is 1. The highest BCUT2D eigenvalue weighted by Crippen LogP contribution is 2.46. The van der Waals surface area contributed by atoms with Gasteiger partial charge < -0.3 is 10.3 Å². The zero-order valence-corrected chi connectivity index (χ0v) is 12.0. The Balaban J connectivity index is 2.12. The molecule has 1 aliphatic heterocycles. The summed E-state index contributed by atoms with van der Waals surface area (Å²) in [6.45, 7) is 2.22. The summed E-state index contributed by atoms with van der Waals surface area (Å²) in [6, 6.07) is 5.78. The number of hydrogen-bond donors (Lipinski definition) is 3. The number of thioether (sulfide) groups is 1. The highest BCUT2D eigenvalue weighted by Gasteiger charge is 2.46. The Hall–Kier alpha value is -0.710.